The van der Waals surface area contributed by atoms with E-state index in [1.54, 1.807) is 0 Å². The van der Waals surface area contributed by atoms with Gasteiger partial charge < -0.3 is 13.8 Å². The van der Waals surface area contributed by atoms with Crippen LogP contribution in [0.5, 0.6) is 0 Å². The van der Waals surface area contributed by atoms with Crippen molar-refractivity contribution >= 4 is 0 Å². The Morgan fingerprint density at radius 3 is 2.65 bits per heavy atom. The molecule has 3 atom stereocenters. The minimum Gasteiger partial charge on any atom is -0.373 e. The van der Waals surface area contributed by atoms with E-state index in [0.717, 1.165) is 43.9 Å². The maximum absolute atomic E-state index is 6.20. The van der Waals surface area contributed by atoms with Crippen LogP contribution in [-0.2, 0) is 17.7 Å². The molecule has 0 aliphatic carbocycles. The maximum Gasteiger partial charge on any atom is 0.229 e. The lowest BCUT2D eigenvalue weighted by Crippen LogP contribution is -2.25. The molecule has 2 aromatic rings. The fraction of sp³-hybridized carbons (Fsp3) is 0.688. The van der Waals surface area contributed by atoms with Gasteiger partial charge in [0.2, 0.25) is 5.89 Å². The van der Waals surface area contributed by atoms with Gasteiger partial charge in [0.15, 0.2) is 5.82 Å². The predicted molar refractivity (Wildman–Crippen MR) is 80.8 cm³/mol. The lowest BCUT2D eigenvalue weighted by atomic mass is 10.0. The van der Waals surface area contributed by atoms with Crippen molar-refractivity contribution in [1.82, 2.24) is 20.2 Å². The van der Waals surface area contributed by atoms with Crippen molar-refractivity contribution in [2.45, 2.75) is 52.4 Å². The van der Waals surface area contributed by atoms with E-state index in [0.29, 0.717) is 23.7 Å². The Balaban J connectivity index is 1.33. The summed E-state index contributed by atoms with van der Waals surface area (Å²) in [6.07, 6.45) is 2.29. The molecular weight excluding hydrogens is 296 g/mol. The molecule has 0 radical (unpaired) electrons. The number of hydrogen-bond acceptors (Lipinski definition) is 7. The van der Waals surface area contributed by atoms with E-state index < -0.39 is 0 Å². The van der Waals surface area contributed by atoms with Crippen LogP contribution in [-0.4, -0.2) is 45.5 Å². The van der Waals surface area contributed by atoms with Crippen molar-refractivity contribution in [3.05, 3.63) is 28.7 Å². The molecule has 2 saturated heterocycles. The molecule has 7 heteroatoms. The van der Waals surface area contributed by atoms with Gasteiger partial charge >= 0.3 is 0 Å². The molecule has 0 saturated carbocycles. The Kier molecular flexibility index (Phi) is 3.69. The van der Waals surface area contributed by atoms with Gasteiger partial charge in [-0.05, 0) is 27.2 Å². The van der Waals surface area contributed by atoms with Crippen molar-refractivity contribution in [2.24, 2.45) is 5.92 Å². The zero-order valence-electron chi connectivity index (χ0n) is 13.8. The smallest absolute Gasteiger partial charge is 0.229 e. The summed E-state index contributed by atoms with van der Waals surface area (Å²) in [6.45, 7) is 8.74. The fourth-order valence-electron chi connectivity index (χ4n) is 3.78. The monoisotopic (exact) mass is 318 g/mol. The highest BCUT2D eigenvalue weighted by Gasteiger charge is 2.42. The van der Waals surface area contributed by atoms with Crippen molar-refractivity contribution in [3.8, 4) is 0 Å². The molecular formula is C16H22N4O3. The van der Waals surface area contributed by atoms with Crippen LogP contribution in [0.1, 0.15) is 35.2 Å². The molecule has 4 rings (SSSR count). The van der Waals surface area contributed by atoms with Gasteiger partial charge in [0.05, 0.1) is 24.3 Å². The number of likely N-dealkylation sites (tertiary alicyclic amines) is 1. The summed E-state index contributed by atoms with van der Waals surface area (Å²) in [5, 5.41) is 7.87. The Bertz CT molecular complexity index is 662. The fourth-order valence-corrected chi connectivity index (χ4v) is 3.78. The van der Waals surface area contributed by atoms with Crippen LogP contribution in [0, 0.1) is 26.7 Å². The van der Waals surface area contributed by atoms with Gasteiger partial charge in [-0.25, -0.2) is 0 Å². The maximum atomic E-state index is 6.20. The van der Waals surface area contributed by atoms with E-state index in [1.165, 1.54) is 5.56 Å². The van der Waals surface area contributed by atoms with Crippen LogP contribution in [0.4, 0.5) is 0 Å². The van der Waals surface area contributed by atoms with Crippen LogP contribution in [0.3, 0.4) is 0 Å². The van der Waals surface area contributed by atoms with E-state index in [2.05, 4.69) is 20.2 Å². The van der Waals surface area contributed by atoms with Crippen molar-refractivity contribution in [2.75, 3.05) is 13.1 Å². The van der Waals surface area contributed by atoms with Crippen LogP contribution in [0.15, 0.2) is 9.05 Å². The summed E-state index contributed by atoms with van der Waals surface area (Å²) in [7, 11) is 0. The zero-order chi connectivity index (χ0) is 16.0. The highest BCUT2D eigenvalue weighted by Crippen LogP contribution is 2.35. The predicted octanol–water partition coefficient (Wildman–Crippen LogP) is 1.81. The quantitative estimate of drug-likeness (QED) is 0.850. The molecule has 0 amide bonds. The second kappa shape index (κ2) is 5.72. The molecule has 23 heavy (non-hydrogen) atoms. The summed E-state index contributed by atoms with van der Waals surface area (Å²) in [5.41, 5.74) is 2.20. The molecule has 0 N–H and O–H groups in total. The summed E-state index contributed by atoms with van der Waals surface area (Å²) in [6, 6.07) is 0. The average molecular weight is 318 g/mol. The molecule has 0 bridgehead atoms. The van der Waals surface area contributed by atoms with Gasteiger partial charge in [0.1, 0.15) is 5.76 Å². The van der Waals surface area contributed by atoms with Crippen LogP contribution in [0.25, 0.3) is 0 Å². The Labute approximate surface area is 135 Å². The minimum absolute atomic E-state index is 0.200. The van der Waals surface area contributed by atoms with E-state index in [4.69, 9.17) is 13.8 Å². The first-order chi connectivity index (χ1) is 11.1. The lowest BCUT2D eigenvalue weighted by Gasteiger charge is -2.18. The highest BCUT2D eigenvalue weighted by molar-refractivity contribution is 5.20. The van der Waals surface area contributed by atoms with Gasteiger partial charge in [-0.1, -0.05) is 10.3 Å². The molecule has 7 nitrogen and oxygen atoms in total. The molecule has 2 aromatic heterocycles. The molecule has 2 fully saturated rings. The summed E-state index contributed by atoms with van der Waals surface area (Å²) in [4.78, 5) is 6.71. The molecule has 0 spiro atoms. The minimum atomic E-state index is 0.200. The van der Waals surface area contributed by atoms with Crippen molar-refractivity contribution in [3.63, 3.8) is 0 Å². The normalized spacial score (nSPS) is 27.7. The van der Waals surface area contributed by atoms with Crippen LogP contribution < -0.4 is 0 Å². The Morgan fingerprint density at radius 2 is 2.00 bits per heavy atom. The summed E-state index contributed by atoms with van der Waals surface area (Å²) < 4.78 is 16.7. The third kappa shape index (κ3) is 2.90. The molecule has 0 unspecified atom stereocenters. The number of aromatic nitrogens is 3. The molecule has 0 aromatic carbocycles. The van der Waals surface area contributed by atoms with Crippen molar-refractivity contribution in [1.29, 1.82) is 0 Å². The lowest BCUT2D eigenvalue weighted by molar-refractivity contribution is 0.0342. The standard InChI is InChI=1S/C16H22N4O3/c1-9-14(10(2)22-18-9)7-20-6-12-4-13(21-15(12)8-20)5-16-17-11(3)19-23-16/h12-13,15H,4-8H2,1-3H3/t12-,13+,15+/m1/s1. The summed E-state index contributed by atoms with van der Waals surface area (Å²) in [5.74, 6) is 2.87. The van der Waals surface area contributed by atoms with Crippen LogP contribution in [0.2, 0.25) is 0 Å². The number of fused-ring (bicyclic) bond motifs is 1. The van der Waals surface area contributed by atoms with E-state index in [1.807, 2.05) is 20.8 Å². The van der Waals surface area contributed by atoms with Gasteiger partial charge in [0.25, 0.3) is 0 Å². The number of hydrogen-bond donors (Lipinski definition) is 0. The zero-order valence-corrected chi connectivity index (χ0v) is 13.8. The highest BCUT2D eigenvalue weighted by atomic mass is 16.5. The first-order valence-electron chi connectivity index (χ1n) is 8.17. The SMILES string of the molecule is Cc1noc(C[C@@H]2C[C@@H]3CN(Cc4c(C)noc4C)C[C@@H]3O2)n1. The van der Waals surface area contributed by atoms with Gasteiger partial charge in [0, 0.05) is 31.1 Å². The molecule has 2 aliphatic heterocycles. The largest absolute Gasteiger partial charge is 0.373 e. The topological polar surface area (TPSA) is 77.4 Å². The second-order valence-electron chi connectivity index (χ2n) is 6.73. The Hall–Kier alpha value is -1.73. The number of rotatable bonds is 4. The number of ether oxygens (including phenoxy) is 1. The second-order valence-corrected chi connectivity index (χ2v) is 6.73. The first kappa shape index (κ1) is 14.8. The number of aryl methyl sites for hydroxylation is 3. The molecule has 2 aliphatic rings. The van der Waals surface area contributed by atoms with E-state index in [9.17, 15) is 0 Å². The summed E-state index contributed by atoms with van der Waals surface area (Å²) >= 11 is 0. The molecule has 4 heterocycles. The average Bonchev–Trinajstić information content (AvgIpc) is 3.22. The number of nitrogens with zero attached hydrogens (tertiary/aromatic N) is 4. The molecule has 124 valence electrons. The third-order valence-corrected chi connectivity index (χ3v) is 4.92. The van der Waals surface area contributed by atoms with E-state index >= 15 is 0 Å². The van der Waals surface area contributed by atoms with Gasteiger partial charge in [-0.3, -0.25) is 4.90 Å². The Morgan fingerprint density at radius 1 is 1.13 bits per heavy atom. The van der Waals surface area contributed by atoms with E-state index in [-0.39, 0.29) is 6.10 Å². The van der Waals surface area contributed by atoms with Crippen LogP contribution >= 0.6 is 0 Å². The third-order valence-electron chi connectivity index (χ3n) is 4.92. The first-order valence-corrected chi connectivity index (χ1v) is 8.17. The van der Waals surface area contributed by atoms with Gasteiger partial charge in [-0.2, -0.15) is 4.98 Å². The van der Waals surface area contributed by atoms with Gasteiger partial charge in [-0.15, -0.1) is 0 Å². The van der Waals surface area contributed by atoms with Crippen molar-refractivity contribution < 1.29 is 13.8 Å².